The van der Waals surface area contributed by atoms with Gasteiger partial charge in [0.2, 0.25) is 0 Å². The van der Waals surface area contributed by atoms with Gasteiger partial charge < -0.3 is 9.64 Å². The smallest absolute Gasteiger partial charge is 0.349 e. The summed E-state index contributed by atoms with van der Waals surface area (Å²) in [7, 11) is 1.38. The predicted octanol–water partition coefficient (Wildman–Crippen LogP) is 2.80. The number of hydrogen-bond acceptors (Lipinski definition) is 5. The van der Waals surface area contributed by atoms with Crippen LogP contribution >= 0.6 is 11.3 Å². The molecule has 4 nitrogen and oxygen atoms in total. The molecule has 1 aromatic heterocycles. The van der Waals surface area contributed by atoms with Gasteiger partial charge in [-0.05, 0) is 19.8 Å². The molecule has 0 unspecified atom stereocenters. The minimum absolute atomic E-state index is 0.318. The first-order valence-electron chi connectivity index (χ1n) is 5.76. The Morgan fingerprint density at radius 3 is 2.59 bits per heavy atom. The van der Waals surface area contributed by atoms with E-state index < -0.39 is 0 Å². The van der Waals surface area contributed by atoms with Gasteiger partial charge in [0, 0.05) is 12.6 Å². The topological polar surface area (TPSA) is 42.4 Å². The number of nitrogens with zero attached hydrogens (tertiary/aromatic N) is 2. The Morgan fingerprint density at radius 1 is 1.47 bits per heavy atom. The van der Waals surface area contributed by atoms with Crippen molar-refractivity contribution >= 4 is 22.4 Å². The fraction of sp³-hybridized carbons (Fsp3) is 0.667. The lowest BCUT2D eigenvalue weighted by atomic mass is 10.2. The van der Waals surface area contributed by atoms with Gasteiger partial charge in [-0.25, -0.2) is 9.78 Å². The van der Waals surface area contributed by atoms with Crippen LogP contribution < -0.4 is 4.90 Å². The number of rotatable bonds is 5. The number of aromatic nitrogens is 1. The summed E-state index contributed by atoms with van der Waals surface area (Å²) < 4.78 is 4.68. The van der Waals surface area contributed by atoms with Gasteiger partial charge in [0.05, 0.1) is 13.3 Å². The molecule has 0 amide bonds. The summed E-state index contributed by atoms with van der Waals surface area (Å²) >= 11 is 1.38. The molecule has 0 fully saturated rings. The number of ether oxygens (including phenoxy) is 1. The van der Waals surface area contributed by atoms with Gasteiger partial charge in [-0.2, -0.15) is 0 Å². The zero-order valence-corrected chi connectivity index (χ0v) is 11.9. The van der Waals surface area contributed by atoms with E-state index in [2.05, 4.69) is 42.3 Å². The van der Waals surface area contributed by atoms with Crippen molar-refractivity contribution in [1.82, 2.24) is 4.98 Å². The molecular formula is C12H20N2O2S. The van der Waals surface area contributed by atoms with Crippen LogP contribution in [0.15, 0.2) is 6.20 Å². The Bertz CT molecular complexity index is 374. The molecule has 0 bridgehead atoms. The molecule has 0 aliphatic rings. The molecule has 17 heavy (non-hydrogen) atoms. The lowest BCUT2D eigenvalue weighted by Crippen LogP contribution is -2.33. The van der Waals surface area contributed by atoms with E-state index in [0.717, 1.165) is 11.7 Å². The van der Waals surface area contributed by atoms with E-state index in [-0.39, 0.29) is 5.97 Å². The number of carbonyl (C=O) groups excluding carboxylic acids is 1. The van der Waals surface area contributed by atoms with Crippen LogP contribution in [0.25, 0.3) is 0 Å². The minimum atomic E-state index is -0.318. The molecule has 0 saturated carbocycles. The van der Waals surface area contributed by atoms with Crippen LogP contribution in [0.4, 0.5) is 5.13 Å². The Balaban J connectivity index is 2.88. The second kappa shape index (κ2) is 6.00. The van der Waals surface area contributed by atoms with Gasteiger partial charge in [0.25, 0.3) is 0 Å². The van der Waals surface area contributed by atoms with Crippen LogP contribution in [-0.2, 0) is 4.74 Å². The normalized spacial score (nSPS) is 11.0. The number of hydrogen-bond donors (Lipinski definition) is 0. The third-order valence-corrected chi connectivity index (χ3v) is 3.33. The van der Waals surface area contributed by atoms with Crippen molar-refractivity contribution in [3.63, 3.8) is 0 Å². The molecule has 1 aromatic rings. The summed E-state index contributed by atoms with van der Waals surface area (Å²) in [6.45, 7) is 9.53. The average molecular weight is 256 g/mol. The highest BCUT2D eigenvalue weighted by Gasteiger charge is 2.18. The van der Waals surface area contributed by atoms with E-state index in [4.69, 9.17) is 0 Å². The average Bonchev–Trinajstić information content (AvgIpc) is 2.73. The number of carbonyl (C=O) groups is 1. The largest absolute Gasteiger partial charge is 0.465 e. The Hall–Kier alpha value is -1.10. The summed E-state index contributed by atoms with van der Waals surface area (Å²) in [6.07, 6.45) is 1.58. The number of thiazole rings is 1. The van der Waals surface area contributed by atoms with E-state index in [1.165, 1.54) is 18.4 Å². The van der Waals surface area contributed by atoms with Crippen LogP contribution in [0, 0.1) is 5.92 Å². The maximum atomic E-state index is 11.4. The highest BCUT2D eigenvalue weighted by Crippen LogP contribution is 2.25. The number of methoxy groups -OCH3 is 1. The summed E-state index contributed by atoms with van der Waals surface area (Å²) in [6, 6.07) is 0.369. The van der Waals surface area contributed by atoms with Gasteiger partial charge in [-0.3, -0.25) is 0 Å². The second-order valence-corrected chi connectivity index (χ2v) is 5.65. The first-order valence-corrected chi connectivity index (χ1v) is 6.58. The first kappa shape index (κ1) is 14.0. The fourth-order valence-electron chi connectivity index (χ4n) is 1.50. The van der Waals surface area contributed by atoms with E-state index in [0.29, 0.717) is 16.8 Å². The molecule has 1 heterocycles. The van der Waals surface area contributed by atoms with Gasteiger partial charge in [-0.1, -0.05) is 25.2 Å². The highest BCUT2D eigenvalue weighted by atomic mass is 32.1. The molecule has 0 aromatic carbocycles. The summed E-state index contributed by atoms with van der Waals surface area (Å²) in [4.78, 5) is 18.4. The second-order valence-electron chi connectivity index (χ2n) is 4.64. The Labute approximate surface area is 107 Å². The third-order valence-electron chi connectivity index (χ3n) is 2.31. The van der Waals surface area contributed by atoms with Crippen LogP contribution in [-0.4, -0.2) is 30.6 Å². The van der Waals surface area contributed by atoms with Crippen molar-refractivity contribution in [3.05, 3.63) is 11.1 Å². The van der Waals surface area contributed by atoms with Crippen LogP contribution in [0.3, 0.4) is 0 Å². The van der Waals surface area contributed by atoms with E-state index in [1.54, 1.807) is 6.20 Å². The molecular weight excluding hydrogens is 236 g/mol. The molecule has 5 heteroatoms. The van der Waals surface area contributed by atoms with Crippen molar-refractivity contribution in [1.29, 1.82) is 0 Å². The van der Waals surface area contributed by atoms with E-state index in [1.807, 2.05) is 0 Å². The van der Waals surface area contributed by atoms with Gasteiger partial charge in [0.1, 0.15) is 4.88 Å². The summed E-state index contributed by atoms with van der Waals surface area (Å²) in [5, 5.41) is 0.883. The molecule has 0 atom stereocenters. The van der Waals surface area contributed by atoms with Gasteiger partial charge >= 0.3 is 5.97 Å². The fourth-order valence-corrected chi connectivity index (χ4v) is 2.47. The lowest BCUT2D eigenvalue weighted by molar-refractivity contribution is 0.0606. The molecule has 0 aliphatic heterocycles. The summed E-state index contributed by atoms with van der Waals surface area (Å²) in [5.74, 6) is 0.241. The molecule has 1 rings (SSSR count). The van der Waals surface area contributed by atoms with Crippen LogP contribution in [0.1, 0.15) is 37.4 Å². The SMILES string of the molecule is COC(=O)c1cnc(N(CC(C)C)C(C)C)s1. The Kier molecular flexibility index (Phi) is 4.93. The van der Waals surface area contributed by atoms with Crippen molar-refractivity contribution in [3.8, 4) is 0 Å². The molecule has 0 aliphatic carbocycles. The van der Waals surface area contributed by atoms with Gasteiger partial charge in [0.15, 0.2) is 5.13 Å². The summed E-state index contributed by atoms with van der Waals surface area (Å²) in [5.41, 5.74) is 0. The first-order chi connectivity index (χ1) is 7.95. The number of anilines is 1. The molecule has 0 N–H and O–H groups in total. The monoisotopic (exact) mass is 256 g/mol. The zero-order valence-electron chi connectivity index (χ0n) is 11.1. The zero-order chi connectivity index (χ0) is 13.0. The molecule has 0 spiro atoms. The molecule has 0 radical (unpaired) electrons. The third kappa shape index (κ3) is 3.70. The number of esters is 1. The minimum Gasteiger partial charge on any atom is -0.465 e. The maximum absolute atomic E-state index is 11.4. The molecule has 96 valence electrons. The van der Waals surface area contributed by atoms with Crippen molar-refractivity contribution in [2.24, 2.45) is 5.92 Å². The van der Waals surface area contributed by atoms with Crippen LogP contribution in [0.5, 0.6) is 0 Å². The van der Waals surface area contributed by atoms with Crippen molar-refractivity contribution < 1.29 is 9.53 Å². The van der Waals surface area contributed by atoms with Gasteiger partial charge in [-0.15, -0.1) is 0 Å². The highest BCUT2D eigenvalue weighted by molar-refractivity contribution is 7.17. The maximum Gasteiger partial charge on any atom is 0.349 e. The predicted molar refractivity (Wildman–Crippen MR) is 70.8 cm³/mol. The van der Waals surface area contributed by atoms with Crippen molar-refractivity contribution in [2.75, 3.05) is 18.6 Å². The van der Waals surface area contributed by atoms with Crippen molar-refractivity contribution in [2.45, 2.75) is 33.7 Å². The quantitative estimate of drug-likeness (QED) is 0.760. The molecule has 0 saturated heterocycles. The van der Waals surface area contributed by atoms with E-state index in [9.17, 15) is 4.79 Å². The standard InChI is InChI=1S/C12H20N2O2S/c1-8(2)7-14(9(3)4)12-13-6-10(17-12)11(15)16-5/h6,8-9H,7H2,1-5H3. The lowest BCUT2D eigenvalue weighted by Gasteiger charge is -2.27. The van der Waals surface area contributed by atoms with Crippen LogP contribution in [0.2, 0.25) is 0 Å². The Morgan fingerprint density at radius 2 is 2.12 bits per heavy atom. The van der Waals surface area contributed by atoms with E-state index >= 15 is 0 Å².